The molecule has 1 fully saturated rings. The van der Waals surface area contributed by atoms with E-state index in [0.29, 0.717) is 37.3 Å². The number of rotatable bonds is 4. The molecule has 4 rings (SSSR count). The van der Waals surface area contributed by atoms with E-state index < -0.39 is 0 Å². The van der Waals surface area contributed by atoms with E-state index in [1.807, 2.05) is 49.1 Å². The Morgan fingerprint density at radius 3 is 2.46 bits per heavy atom. The highest BCUT2D eigenvalue weighted by Gasteiger charge is 2.24. The van der Waals surface area contributed by atoms with Crippen molar-refractivity contribution < 1.29 is 13.9 Å². The number of ether oxygens (including phenoxy) is 1. The van der Waals surface area contributed by atoms with Gasteiger partial charge in [0.25, 0.3) is 5.91 Å². The van der Waals surface area contributed by atoms with Gasteiger partial charge >= 0.3 is 0 Å². The van der Waals surface area contributed by atoms with Crippen LogP contribution in [0.15, 0.2) is 42.5 Å². The number of benzene rings is 2. The molecule has 146 valence electrons. The predicted octanol–water partition coefficient (Wildman–Crippen LogP) is 4.19. The summed E-state index contributed by atoms with van der Waals surface area (Å²) in [4.78, 5) is 21.2. The largest absolute Gasteiger partial charge is 0.491 e. The van der Waals surface area contributed by atoms with Crippen LogP contribution in [0.25, 0.3) is 10.2 Å². The van der Waals surface area contributed by atoms with Gasteiger partial charge in [-0.15, -0.1) is 0 Å². The lowest BCUT2D eigenvalue weighted by atomic mass is 10.1. The quantitative estimate of drug-likeness (QED) is 0.660. The number of halogens is 1. The van der Waals surface area contributed by atoms with Gasteiger partial charge in [0.05, 0.1) is 10.8 Å². The number of thiazole rings is 1. The van der Waals surface area contributed by atoms with E-state index >= 15 is 0 Å². The van der Waals surface area contributed by atoms with E-state index in [2.05, 4.69) is 9.88 Å². The predicted molar refractivity (Wildman–Crippen MR) is 110 cm³/mol. The minimum absolute atomic E-state index is 0.0195. The first-order valence-electron chi connectivity index (χ1n) is 9.37. The summed E-state index contributed by atoms with van der Waals surface area (Å²) >= 11 is 1.49. The normalized spacial score (nSPS) is 14.7. The number of carbonyl (C=O) groups is 1. The Morgan fingerprint density at radius 1 is 1.11 bits per heavy atom. The summed E-state index contributed by atoms with van der Waals surface area (Å²) in [6.45, 7) is 6.53. The first kappa shape index (κ1) is 18.7. The molecule has 5 nitrogen and oxygen atoms in total. The molecule has 1 aliphatic rings. The van der Waals surface area contributed by atoms with Crippen LogP contribution in [0.5, 0.6) is 5.75 Å². The van der Waals surface area contributed by atoms with Crippen LogP contribution in [0, 0.1) is 5.82 Å². The van der Waals surface area contributed by atoms with Gasteiger partial charge in [-0.05, 0) is 50.2 Å². The fourth-order valence-electron chi connectivity index (χ4n) is 3.27. The number of piperazine rings is 1. The van der Waals surface area contributed by atoms with Gasteiger partial charge in [0.1, 0.15) is 17.1 Å². The molecular formula is C21H22FN3O2S. The zero-order valence-corrected chi connectivity index (χ0v) is 16.7. The fourth-order valence-corrected chi connectivity index (χ4v) is 4.30. The summed E-state index contributed by atoms with van der Waals surface area (Å²) in [5.41, 5.74) is 1.08. The smallest absolute Gasteiger partial charge is 0.253 e. The number of fused-ring (bicyclic) bond motifs is 1. The van der Waals surface area contributed by atoms with Gasteiger partial charge < -0.3 is 14.5 Å². The molecule has 0 atom stereocenters. The first-order chi connectivity index (χ1) is 13.5. The number of amides is 1. The van der Waals surface area contributed by atoms with E-state index in [-0.39, 0.29) is 17.8 Å². The lowest BCUT2D eigenvalue weighted by Crippen LogP contribution is -2.48. The summed E-state index contributed by atoms with van der Waals surface area (Å²) in [6.07, 6.45) is 0.102. The molecular weight excluding hydrogens is 377 g/mol. The number of nitrogens with zero attached hydrogens (tertiary/aromatic N) is 3. The first-order valence-corrected chi connectivity index (χ1v) is 10.2. The molecule has 3 aromatic rings. The van der Waals surface area contributed by atoms with Crippen molar-refractivity contribution in [1.82, 2.24) is 9.88 Å². The average molecular weight is 399 g/mol. The second kappa shape index (κ2) is 7.75. The Kier molecular flexibility index (Phi) is 5.17. The third kappa shape index (κ3) is 3.80. The number of carbonyl (C=O) groups excluding carboxylic acids is 1. The topological polar surface area (TPSA) is 45.7 Å². The second-order valence-corrected chi connectivity index (χ2v) is 8.06. The molecule has 28 heavy (non-hydrogen) atoms. The second-order valence-electron chi connectivity index (χ2n) is 7.05. The lowest BCUT2D eigenvalue weighted by molar-refractivity contribution is 0.0746. The van der Waals surface area contributed by atoms with E-state index in [1.54, 1.807) is 6.07 Å². The van der Waals surface area contributed by atoms with Crippen molar-refractivity contribution in [3.05, 3.63) is 53.8 Å². The fraction of sp³-hybridized carbons (Fsp3) is 0.333. The Labute approximate surface area is 167 Å². The minimum Gasteiger partial charge on any atom is -0.491 e. The molecule has 1 aliphatic heterocycles. The van der Waals surface area contributed by atoms with Gasteiger partial charge in [0.2, 0.25) is 0 Å². The maximum absolute atomic E-state index is 13.9. The van der Waals surface area contributed by atoms with E-state index in [0.717, 1.165) is 15.6 Å². The highest BCUT2D eigenvalue weighted by atomic mass is 32.1. The van der Waals surface area contributed by atoms with Crippen molar-refractivity contribution in [3.8, 4) is 5.75 Å². The van der Waals surface area contributed by atoms with Crippen LogP contribution < -0.4 is 9.64 Å². The zero-order chi connectivity index (χ0) is 19.7. The molecule has 1 saturated heterocycles. The summed E-state index contributed by atoms with van der Waals surface area (Å²) in [5.74, 6) is 0.490. The Morgan fingerprint density at radius 2 is 1.82 bits per heavy atom. The minimum atomic E-state index is -0.293. The van der Waals surface area contributed by atoms with Crippen LogP contribution in [0.1, 0.15) is 24.2 Å². The van der Waals surface area contributed by atoms with E-state index in [4.69, 9.17) is 4.74 Å². The Hall–Kier alpha value is -2.67. The Bertz CT molecular complexity index is 979. The number of aromatic nitrogens is 1. The number of hydrogen-bond donors (Lipinski definition) is 0. The monoisotopic (exact) mass is 399 g/mol. The van der Waals surface area contributed by atoms with Gasteiger partial charge in [0, 0.05) is 31.7 Å². The molecule has 1 amide bonds. The van der Waals surface area contributed by atoms with Crippen LogP contribution in [-0.4, -0.2) is 48.1 Å². The maximum atomic E-state index is 13.9. The summed E-state index contributed by atoms with van der Waals surface area (Å²) in [7, 11) is 0. The van der Waals surface area contributed by atoms with Crippen LogP contribution in [0.4, 0.5) is 9.52 Å². The van der Waals surface area contributed by atoms with Crippen molar-refractivity contribution in [2.24, 2.45) is 0 Å². The third-order valence-electron chi connectivity index (χ3n) is 4.67. The molecule has 1 aromatic heterocycles. The summed E-state index contributed by atoms with van der Waals surface area (Å²) < 4.78 is 20.4. The molecule has 0 saturated carbocycles. The highest BCUT2D eigenvalue weighted by molar-refractivity contribution is 7.22. The van der Waals surface area contributed by atoms with Crippen molar-refractivity contribution >= 4 is 32.6 Å². The van der Waals surface area contributed by atoms with Crippen molar-refractivity contribution in [2.75, 3.05) is 31.1 Å². The summed E-state index contributed by atoms with van der Waals surface area (Å²) in [5, 5.41) is 0.808. The van der Waals surface area contributed by atoms with Gasteiger partial charge in [0.15, 0.2) is 5.13 Å². The number of anilines is 1. The van der Waals surface area contributed by atoms with Gasteiger partial charge in [-0.1, -0.05) is 17.4 Å². The summed E-state index contributed by atoms with van der Waals surface area (Å²) in [6, 6.07) is 12.3. The molecule has 0 radical (unpaired) electrons. The third-order valence-corrected chi connectivity index (χ3v) is 5.75. The Balaban J connectivity index is 1.40. The molecule has 2 aromatic carbocycles. The van der Waals surface area contributed by atoms with E-state index in [9.17, 15) is 9.18 Å². The molecule has 7 heteroatoms. The standard InChI is InChI=1S/C21H22FN3O2S/c1-14(2)27-16-8-6-15(7-9-16)20(26)24-10-12-25(13-11-24)21-23-19-17(22)4-3-5-18(19)28-21/h3-9,14H,10-13H2,1-2H3. The highest BCUT2D eigenvalue weighted by Crippen LogP contribution is 2.30. The number of para-hydroxylation sites is 1. The SMILES string of the molecule is CC(C)Oc1ccc(C(=O)N2CCN(c3nc4c(F)cccc4s3)CC2)cc1. The van der Waals surface area contributed by atoms with Crippen molar-refractivity contribution in [2.45, 2.75) is 20.0 Å². The molecule has 0 spiro atoms. The van der Waals surface area contributed by atoms with Crippen LogP contribution in [0.2, 0.25) is 0 Å². The van der Waals surface area contributed by atoms with Gasteiger partial charge in [-0.3, -0.25) is 4.79 Å². The van der Waals surface area contributed by atoms with Gasteiger partial charge in [-0.25, -0.2) is 9.37 Å². The lowest BCUT2D eigenvalue weighted by Gasteiger charge is -2.34. The maximum Gasteiger partial charge on any atom is 0.253 e. The molecule has 0 aliphatic carbocycles. The van der Waals surface area contributed by atoms with Crippen molar-refractivity contribution in [3.63, 3.8) is 0 Å². The number of hydrogen-bond acceptors (Lipinski definition) is 5. The van der Waals surface area contributed by atoms with Crippen LogP contribution in [0.3, 0.4) is 0 Å². The van der Waals surface area contributed by atoms with Crippen LogP contribution >= 0.6 is 11.3 Å². The molecule has 2 heterocycles. The zero-order valence-electron chi connectivity index (χ0n) is 15.9. The molecule has 0 bridgehead atoms. The van der Waals surface area contributed by atoms with Gasteiger partial charge in [-0.2, -0.15) is 0 Å². The van der Waals surface area contributed by atoms with E-state index in [1.165, 1.54) is 17.4 Å². The molecule has 0 N–H and O–H groups in total. The van der Waals surface area contributed by atoms with Crippen LogP contribution in [-0.2, 0) is 0 Å². The van der Waals surface area contributed by atoms with Crippen molar-refractivity contribution in [1.29, 1.82) is 0 Å². The average Bonchev–Trinajstić information content (AvgIpc) is 3.13. The molecule has 0 unspecified atom stereocenters.